The van der Waals surface area contributed by atoms with Crippen LogP contribution in [0.15, 0.2) is 41.0 Å². The van der Waals surface area contributed by atoms with E-state index in [2.05, 4.69) is 26.2 Å². The van der Waals surface area contributed by atoms with Crippen molar-refractivity contribution in [3.63, 3.8) is 0 Å². The first-order chi connectivity index (χ1) is 11.1. The number of rotatable bonds is 4. The van der Waals surface area contributed by atoms with E-state index >= 15 is 0 Å². The quantitative estimate of drug-likeness (QED) is 0.885. The molecule has 0 aliphatic carbocycles. The maximum atomic E-state index is 12.6. The molecular weight excluding hydrogens is 360 g/mol. The molecule has 0 spiro atoms. The van der Waals surface area contributed by atoms with Crippen LogP contribution in [0.25, 0.3) is 0 Å². The molecule has 120 valence electrons. The SMILES string of the molecule is Cc1c(Br)cccc1NC(=O)c1cccnc1O[C@H]1CCOC1. The number of halogens is 1. The van der Waals surface area contributed by atoms with Gasteiger partial charge in [0, 0.05) is 22.8 Å². The third kappa shape index (κ3) is 3.71. The van der Waals surface area contributed by atoms with Crippen molar-refractivity contribution in [3.8, 4) is 5.88 Å². The lowest BCUT2D eigenvalue weighted by Gasteiger charge is -2.15. The van der Waals surface area contributed by atoms with Crippen LogP contribution >= 0.6 is 15.9 Å². The molecule has 1 aromatic carbocycles. The van der Waals surface area contributed by atoms with Gasteiger partial charge in [0.25, 0.3) is 5.91 Å². The van der Waals surface area contributed by atoms with Crippen LogP contribution in [-0.2, 0) is 4.74 Å². The Bertz CT molecular complexity index is 715. The number of carbonyl (C=O) groups excluding carboxylic acids is 1. The van der Waals surface area contributed by atoms with Gasteiger partial charge in [0.15, 0.2) is 0 Å². The largest absolute Gasteiger partial charge is 0.471 e. The van der Waals surface area contributed by atoms with Gasteiger partial charge in [0.1, 0.15) is 11.7 Å². The predicted octanol–water partition coefficient (Wildman–Crippen LogP) is 3.57. The summed E-state index contributed by atoms with van der Waals surface area (Å²) in [5.41, 5.74) is 2.14. The van der Waals surface area contributed by atoms with E-state index in [1.807, 2.05) is 25.1 Å². The monoisotopic (exact) mass is 376 g/mol. The van der Waals surface area contributed by atoms with Crippen molar-refractivity contribution in [1.29, 1.82) is 0 Å². The molecule has 0 radical (unpaired) electrons. The Labute approximate surface area is 143 Å². The lowest BCUT2D eigenvalue weighted by molar-refractivity contribution is 0.101. The highest BCUT2D eigenvalue weighted by Crippen LogP contribution is 2.25. The molecule has 1 aliphatic heterocycles. The van der Waals surface area contributed by atoms with Crippen molar-refractivity contribution < 1.29 is 14.3 Å². The summed E-state index contributed by atoms with van der Waals surface area (Å²) in [6, 6.07) is 9.11. The minimum Gasteiger partial charge on any atom is -0.471 e. The fraction of sp³-hybridized carbons (Fsp3) is 0.294. The van der Waals surface area contributed by atoms with Gasteiger partial charge in [-0.2, -0.15) is 0 Å². The summed E-state index contributed by atoms with van der Waals surface area (Å²) in [7, 11) is 0. The third-order valence-corrected chi connectivity index (χ3v) is 4.56. The Balaban J connectivity index is 1.80. The standard InChI is InChI=1S/C17H17BrN2O3/c1-11-14(18)5-2-6-15(11)20-16(21)13-4-3-8-19-17(13)23-12-7-9-22-10-12/h2-6,8,12H,7,9-10H2,1H3,(H,20,21)/t12-/m0/s1. The van der Waals surface area contributed by atoms with Gasteiger partial charge in [-0.15, -0.1) is 0 Å². The number of nitrogens with zero attached hydrogens (tertiary/aromatic N) is 1. The summed E-state index contributed by atoms with van der Waals surface area (Å²) in [5, 5.41) is 2.91. The lowest BCUT2D eigenvalue weighted by atomic mass is 10.2. The Kier molecular flexibility index (Phi) is 4.93. The van der Waals surface area contributed by atoms with E-state index < -0.39 is 0 Å². The number of ether oxygens (including phenoxy) is 2. The molecule has 1 fully saturated rings. The molecule has 2 aromatic rings. The van der Waals surface area contributed by atoms with Gasteiger partial charge >= 0.3 is 0 Å². The van der Waals surface area contributed by atoms with Crippen LogP contribution in [0.5, 0.6) is 5.88 Å². The van der Waals surface area contributed by atoms with Crippen molar-refractivity contribution in [2.45, 2.75) is 19.4 Å². The minimum absolute atomic E-state index is 0.0518. The Hall–Kier alpha value is -1.92. The number of benzene rings is 1. The number of amides is 1. The molecule has 3 rings (SSSR count). The molecule has 5 nitrogen and oxygen atoms in total. The molecule has 0 unspecified atom stereocenters. The highest BCUT2D eigenvalue weighted by Gasteiger charge is 2.21. The van der Waals surface area contributed by atoms with Crippen molar-refractivity contribution in [2.75, 3.05) is 18.5 Å². The van der Waals surface area contributed by atoms with E-state index in [9.17, 15) is 4.79 Å². The van der Waals surface area contributed by atoms with Gasteiger partial charge < -0.3 is 14.8 Å². The van der Waals surface area contributed by atoms with Crippen LogP contribution in [0, 0.1) is 6.92 Å². The topological polar surface area (TPSA) is 60.5 Å². The van der Waals surface area contributed by atoms with E-state index in [4.69, 9.17) is 9.47 Å². The maximum absolute atomic E-state index is 12.6. The number of anilines is 1. The summed E-state index contributed by atoms with van der Waals surface area (Å²) in [4.78, 5) is 16.8. The molecular formula is C17H17BrN2O3. The first-order valence-corrected chi connectivity index (χ1v) is 8.20. The van der Waals surface area contributed by atoms with Crippen molar-refractivity contribution >= 4 is 27.5 Å². The smallest absolute Gasteiger partial charge is 0.261 e. The Morgan fingerprint density at radius 2 is 2.26 bits per heavy atom. The molecule has 1 N–H and O–H groups in total. The van der Waals surface area contributed by atoms with Crippen LogP contribution in [0.4, 0.5) is 5.69 Å². The average Bonchev–Trinajstić information content (AvgIpc) is 3.05. The molecule has 1 saturated heterocycles. The molecule has 1 atom stereocenters. The minimum atomic E-state index is -0.242. The second-order valence-corrected chi connectivity index (χ2v) is 6.18. The highest BCUT2D eigenvalue weighted by atomic mass is 79.9. The molecule has 6 heteroatoms. The van der Waals surface area contributed by atoms with E-state index in [1.165, 1.54) is 0 Å². The van der Waals surface area contributed by atoms with Gasteiger partial charge in [-0.3, -0.25) is 4.79 Å². The normalized spacial score (nSPS) is 17.0. The fourth-order valence-corrected chi connectivity index (χ4v) is 2.72. The summed E-state index contributed by atoms with van der Waals surface area (Å²) in [6.07, 6.45) is 2.37. The summed E-state index contributed by atoms with van der Waals surface area (Å²) in [5.74, 6) is 0.0985. The third-order valence-electron chi connectivity index (χ3n) is 3.70. The highest BCUT2D eigenvalue weighted by molar-refractivity contribution is 9.10. The first kappa shape index (κ1) is 16.0. The Morgan fingerprint density at radius 1 is 1.39 bits per heavy atom. The van der Waals surface area contributed by atoms with Crippen molar-refractivity contribution in [2.24, 2.45) is 0 Å². The zero-order chi connectivity index (χ0) is 16.2. The second-order valence-electron chi connectivity index (χ2n) is 5.33. The number of nitrogens with one attached hydrogen (secondary N) is 1. The van der Waals surface area contributed by atoms with Crippen molar-refractivity contribution in [3.05, 3.63) is 52.1 Å². The van der Waals surface area contributed by atoms with Gasteiger partial charge in [-0.25, -0.2) is 4.98 Å². The summed E-state index contributed by atoms with van der Waals surface area (Å²) in [6.45, 7) is 3.15. The molecule has 0 bridgehead atoms. The molecule has 1 aliphatic rings. The van der Waals surface area contributed by atoms with E-state index in [-0.39, 0.29) is 12.0 Å². The molecule has 2 heterocycles. The summed E-state index contributed by atoms with van der Waals surface area (Å²) < 4.78 is 12.1. The molecule has 1 aromatic heterocycles. The number of hydrogen-bond donors (Lipinski definition) is 1. The van der Waals surface area contributed by atoms with Crippen LogP contribution in [0.2, 0.25) is 0 Å². The van der Waals surface area contributed by atoms with Gasteiger partial charge in [-0.05, 0) is 36.8 Å². The van der Waals surface area contributed by atoms with Gasteiger partial charge in [0.05, 0.1) is 13.2 Å². The van der Waals surface area contributed by atoms with Gasteiger partial charge in [-0.1, -0.05) is 22.0 Å². The van der Waals surface area contributed by atoms with Crippen LogP contribution < -0.4 is 10.1 Å². The number of carbonyl (C=O) groups is 1. The Morgan fingerprint density at radius 3 is 3.04 bits per heavy atom. The van der Waals surface area contributed by atoms with Crippen molar-refractivity contribution in [1.82, 2.24) is 4.98 Å². The molecule has 0 saturated carbocycles. The van der Waals surface area contributed by atoms with Gasteiger partial charge in [0.2, 0.25) is 5.88 Å². The van der Waals surface area contributed by atoms with E-state index in [1.54, 1.807) is 18.3 Å². The van der Waals surface area contributed by atoms with E-state index in [0.29, 0.717) is 24.7 Å². The summed E-state index contributed by atoms with van der Waals surface area (Å²) >= 11 is 3.46. The lowest BCUT2D eigenvalue weighted by Crippen LogP contribution is -2.20. The van der Waals surface area contributed by atoms with Crippen LogP contribution in [0.1, 0.15) is 22.3 Å². The fourth-order valence-electron chi connectivity index (χ4n) is 2.35. The molecule has 1 amide bonds. The molecule has 23 heavy (non-hydrogen) atoms. The first-order valence-electron chi connectivity index (χ1n) is 7.41. The predicted molar refractivity (Wildman–Crippen MR) is 90.9 cm³/mol. The van der Waals surface area contributed by atoms with E-state index in [0.717, 1.165) is 22.1 Å². The number of hydrogen-bond acceptors (Lipinski definition) is 4. The number of aromatic nitrogens is 1. The second kappa shape index (κ2) is 7.10. The maximum Gasteiger partial charge on any atom is 0.261 e. The van der Waals surface area contributed by atoms with Crippen LogP contribution in [-0.4, -0.2) is 30.2 Å². The zero-order valence-corrected chi connectivity index (χ0v) is 14.3. The average molecular weight is 377 g/mol. The number of pyridine rings is 1. The zero-order valence-electron chi connectivity index (χ0n) is 12.7. The van der Waals surface area contributed by atoms with Crippen LogP contribution in [0.3, 0.4) is 0 Å².